The van der Waals surface area contributed by atoms with Gasteiger partial charge in [0.25, 0.3) is 0 Å². The van der Waals surface area contributed by atoms with E-state index in [1.54, 1.807) is 0 Å². The molecule has 3 aliphatic rings. The number of fused-ring (bicyclic) bond motifs is 2. The lowest BCUT2D eigenvalue weighted by molar-refractivity contribution is 0.0630. The topological polar surface area (TPSA) is 49.5 Å². The van der Waals surface area contributed by atoms with E-state index in [1.165, 1.54) is 38.6 Å². The molecule has 3 rings (SSSR count). The van der Waals surface area contributed by atoms with Gasteiger partial charge in [0, 0.05) is 24.2 Å². The highest BCUT2D eigenvalue weighted by atomic mass is 16.3. The minimum absolute atomic E-state index is 0.158. The van der Waals surface area contributed by atoms with Crippen LogP contribution >= 0.6 is 0 Å². The summed E-state index contributed by atoms with van der Waals surface area (Å²) in [6.07, 6.45) is 8.76. The first-order valence-corrected chi connectivity index (χ1v) is 6.86. The first kappa shape index (κ1) is 11.0. The molecule has 2 bridgehead atoms. The Bertz CT molecular complexity index is 271. The quantitative estimate of drug-likeness (QED) is 0.738. The van der Waals surface area contributed by atoms with Crippen molar-refractivity contribution in [2.24, 2.45) is 11.7 Å². The number of rotatable bonds is 2. The van der Waals surface area contributed by atoms with Crippen molar-refractivity contribution in [3.8, 4) is 0 Å². The Labute approximate surface area is 98.0 Å². The van der Waals surface area contributed by atoms with Crippen LogP contribution in [0.4, 0.5) is 0 Å². The fraction of sp³-hybridized carbons (Fsp3) is 1.00. The number of hydrogen-bond acceptors (Lipinski definition) is 3. The molecule has 3 nitrogen and oxygen atoms in total. The number of hydrogen-bond donors (Lipinski definition) is 2. The summed E-state index contributed by atoms with van der Waals surface area (Å²) in [5.41, 5.74) is 5.95. The van der Waals surface area contributed by atoms with Gasteiger partial charge in [-0.1, -0.05) is 0 Å². The maximum atomic E-state index is 9.40. The average Bonchev–Trinajstić information content (AvgIpc) is 2.91. The number of piperidine rings is 1. The van der Waals surface area contributed by atoms with Gasteiger partial charge in [0.05, 0.1) is 6.61 Å². The van der Waals surface area contributed by atoms with E-state index < -0.39 is 0 Å². The Morgan fingerprint density at radius 3 is 2.75 bits per heavy atom. The first-order valence-electron chi connectivity index (χ1n) is 6.86. The van der Waals surface area contributed by atoms with Gasteiger partial charge in [-0.3, -0.25) is 4.90 Å². The molecule has 2 saturated carbocycles. The second-order valence-corrected chi connectivity index (χ2v) is 6.30. The van der Waals surface area contributed by atoms with Crippen molar-refractivity contribution in [1.82, 2.24) is 4.90 Å². The highest BCUT2D eigenvalue weighted by molar-refractivity contribution is 5.00. The van der Waals surface area contributed by atoms with Crippen LogP contribution in [-0.2, 0) is 0 Å². The molecule has 1 aliphatic heterocycles. The van der Waals surface area contributed by atoms with Gasteiger partial charge in [-0.15, -0.1) is 0 Å². The van der Waals surface area contributed by atoms with Crippen molar-refractivity contribution in [1.29, 1.82) is 0 Å². The van der Waals surface area contributed by atoms with Gasteiger partial charge in [0.2, 0.25) is 0 Å². The third kappa shape index (κ3) is 1.79. The highest BCUT2D eigenvalue weighted by Crippen LogP contribution is 2.42. The Hall–Kier alpha value is -0.120. The Balaban J connectivity index is 1.66. The van der Waals surface area contributed by atoms with Gasteiger partial charge in [-0.25, -0.2) is 0 Å². The Morgan fingerprint density at radius 1 is 1.25 bits per heavy atom. The fourth-order valence-corrected chi connectivity index (χ4v) is 4.20. The number of likely N-dealkylation sites (tertiary alicyclic amines) is 1. The van der Waals surface area contributed by atoms with Crippen LogP contribution in [0.15, 0.2) is 0 Å². The summed E-state index contributed by atoms with van der Waals surface area (Å²) in [4.78, 5) is 2.71. The standard InChI is InChI=1S/C13H24N2O/c14-13(9-16)5-1-2-12(7-13)15-8-10-3-4-11(15)6-10/h10-12,16H,1-9,14H2. The SMILES string of the molecule is NC1(CO)CCCC(N2CC3CCC2C3)C1. The van der Waals surface area contributed by atoms with Gasteiger partial charge in [-0.05, 0) is 50.9 Å². The van der Waals surface area contributed by atoms with Gasteiger partial charge < -0.3 is 10.8 Å². The summed E-state index contributed by atoms with van der Waals surface area (Å²) in [5, 5.41) is 9.40. The summed E-state index contributed by atoms with van der Waals surface area (Å²) < 4.78 is 0. The minimum atomic E-state index is -0.287. The molecule has 0 amide bonds. The predicted octanol–water partition coefficient (Wildman–Crippen LogP) is 1.10. The van der Waals surface area contributed by atoms with Crippen LogP contribution in [-0.4, -0.2) is 40.8 Å². The molecule has 0 radical (unpaired) electrons. The molecule has 0 aromatic carbocycles. The Morgan fingerprint density at radius 2 is 2.12 bits per heavy atom. The molecule has 1 heterocycles. The maximum absolute atomic E-state index is 9.40. The van der Waals surface area contributed by atoms with Gasteiger partial charge in [-0.2, -0.15) is 0 Å². The smallest absolute Gasteiger partial charge is 0.0611 e. The molecule has 2 aliphatic carbocycles. The molecule has 16 heavy (non-hydrogen) atoms. The number of nitrogens with two attached hydrogens (primary N) is 1. The maximum Gasteiger partial charge on any atom is 0.0611 e. The number of aliphatic hydroxyl groups excluding tert-OH is 1. The summed E-state index contributed by atoms with van der Waals surface area (Å²) in [5.74, 6) is 0.966. The predicted molar refractivity (Wildman–Crippen MR) is 64.1 cm³/mol. The molecule has 4 unspecified atom stereocenters. The molecule has 0 aromatic heterocycles. The van der Waals surface area contributed by atoms with Crippen molar-refractivity contribution in [3.63, 3.8) is 0 Å². The first-order chi connectivity index (χ1) is 7.70. The van der Waals surface area contributed by atoms with Crippen LogP contribution in [0.2, 0.25) is 0 Å². The van der Waals surface area contributed by atoms with Crippen LogP contribution in [0, 0.1) is 5.92 Å². The van der Waals surface area contributed by atoms with Crippen molar-refractivity contribution < 1.29 is 5.11 Å². The lowest BCUT2D eigenvalue weighted by Gasteiger charge is -2.43. The van der Waals surface area contributed by atoms with Crippen LogP contribution in [0.5, 0.6) is 0 Å². The molecular formula is C13H24N2O. The fourth-order valence-electron chi connectivity index (χ4n) is 4.20. The van der Waals surface area contributed by atoms with Crippen LogP contribution in [0.25, 0.3) is 0 Å². The average molecular weight is 224 g/mol. The monoisotopic (exact) mass is 224 g/mol. The van der Waals surface area contributed by atoms with E-state index in [1.807, 2.05) is 0 Å². The summed E-state index contributed by atoms with van der Waals surface area (Å²) in [6.45, 7) is 1.46. The Kier molecular flexibility index (Phi) is 2.73. The van der Waals surface area contributed by atoms with E-state index in [4.69, 9.17) is 5.73 Å². The molecule has 3 heteroatoms. The zero-order chi connectivity index (χ0) is 11.2. The number of aliphatic hydroxyl groups is 1. The van der Waals surface area contributed by atoms with Gasteiger partial charge in [0.1, 0.15) is 0 Å². The van der Waals surface area contributed by atoms with Crippen molar-refractivity contribution >= 4 is 0 Å². The highest BCUT2D eigenvalue weighted by Gasteiger charge is 2.44. The third-order valence-electron chi connectivity index (χ3n) is 5.09. The van der Waals surface area contributed by atoms with E-state index in [0.29, 0.717) is 6.04 Å². The van der Waals surface area contributed by atoms with E-state index in [-0.39, 0.29) is 12.1 Å². The van der Waals surface area contributed by atoms with Crippen LogP contribution in [0.3, 0.4) is 0 Å². The van der Waals surface area contributed by atoms with Gasteiger partial charge in [0.15, 0.2) is 0 Å². The second-order valence-electron chi connectivity index (χ2n) is 6.30. The van der Waals surface area contributed by atoms with E-state index in [2.05, 4.69) is 4.90 Å². The molecular weight excluding hydrogens is 200 g/mol. The largest absolute Gasteiger partial charge is 0.394 e. The van der Waals surface area contributed by atoms with Crippen molar-refractivity contribution in [2.75, 3.05) is 13.2 Å². The zero-order valence-electron chi connectivity index (χ0n) is 10.1. The molecule has 1 saturated heterocycles. The third-order valence-corrected chi connectivity index (χ3v) is 5.09. The molecule has 3 N–H and O–H groups in total. The lowest BCUT2D eigenvalue weighted by atomic mass is 9.79. The molecule has 0 spiro atoms. The molecule has 3 fully saturated rings. The molecule has 4 atom stereocenters. The molecule has 92 valence electrons. The summed E-state index contributed by atoms with van der Waals surface area (Å²) in [6, 6.07) is 1.50. The van der Waals surface area contributed by atoms with Crippen LogP contribution < -0.4 is 5.73 Å². The lowest BCUT2D eigenvalue weighted by Crippen LogP contribution is -2.54. The zero-order valence-corrected chi connectivity index (χ0v) is 10.1. The van der Waals surface area contributed by atoms with Gasteiger partial charge >= 0.3 is 0 Å². The van der Waals surface area contributed by atoms with Crippen LogP contribution in [0.1, 0.15) is 44.9 Å². The molecule has 0 aromatic rings. The number of nitrogens with zero attached hydrogens (tertiary/aromatic N) is 1. The van der Waals surface area contributed by atoms with Crippen molar-refractivity contribution in [2.45, 2.75) is 62.6 Å². The summed E-state index contributed by atoms with van der Waals surface area (Å²) >= 11 is 0. The van der Waals surface area contributed by atoms with Crippen molar-refractivity contribution in [3.05, 3.63) is 0 Å². The summed E-state index contributed by atoms with van der Waals surface area (Å²) in [7, 11) is 0. The normalized spacial score (nSPS) is 48.8. The van der Waals surface area contributed by atoms with E-state index in [0.717, 1.165) is 24.8 Å². The van der Waals surface area contributed by atoms with E-state index >= 15 is 0 Å². The van der Waals surface area contributed by atoms with E-state index in [9.17, 15) is 5.11 Å². The minimum Gasteiger partial charge on any atom is -0.394 e. The second kappa shape index (κ2) is 3.97.